The molecule has 0 radical (unpaired) electrons. The van der Waals surface area contributed by atoms with Crippen molar-refractivity contribution in [2.45, 2.75) is 28.4 Å². The van der Waals surface area contributed by atoms with Gasteiger partial charge in [-0.3, -0.25) is 4.79 Å². The number of benzene rings is 2. The number of carbonyl (C=O) groups is 1. The summed E-state index contributed by atoms with van der Waals surface area (Å²) in [6.45, 7) is 1.69. The quantitative estimate of drug-likeness (QED) is 0.366. The first-order valence-electron chi connectivity index (χ1n) is 9.81. The fourth-order valence-corrected chi connectivity index (χ4v) is 6.64. The Labute approximate surface area is 202 Å². The van der Waals surface area contributed by atoms with Gasteiger partial charge in [0.25, 0.3) is 5.91 Å². The highest BCUT2D eigenvalue weighted by atomic mass is 35.5. The molecule has 1 aliphatic heterocycles. The molecule has 0 saturated carbocycles. The lowest BCUT2D eigenvalue weighted by atomic mass is 10.2. The fraction of sp³-hybridized carbons (Fsp3) is 0.381. The normalized spacial score (nSPS) is 14.2. The molecule has 1 fully saturated rings. The Bertz CT molecular complexity index is 1020. The summed E-state index contributed by atoms with van der Waals surface area (Å²) in [7, 11) is -3.72. The van der Waals surface area contributed by atoms with Gasteiger partial charge in [-0.2, -0.15) is 11.8 Å². The molecule has 0 aromatic heterocycles. The van der Waals surface area contributed by atoms with Crippen LogP contribution in [0.25, 0.3) is 0 Å². The fourth-order valence-electron chi connectivity index (χ4n) is 3.29. The highest BCUT2D eigenvalue weighted by molar-refractivity contribution is 7.98. The zero-order valence-corrected chi connectivity index (χ0v) is 21.0. The molecule has 168 valence electrons. The average Bonchev–Trinajstić information content (AvgIpc) is 3.29. The van der Waals surface area contributed by atoms with Crippen molar-refractivity contribution in [2.75, 3.05) is 31.6 Å². The summed E-state index contributed by atoms with van der Waals surface area (Å²) in [6.07, 6.45) is 3.85. The SMILES string of the molecule is CSc1ccc(S(=O)(=O)NCCSCc2c(Cl)cccc2Cl)cc1C(=O)N1CCCC1. The van der Waals surface area contributed by atoms with Crippen LogP contribution in [-0.4, -0.2) is 50.9 Å². The number of amides is 1. The Morgan fingerprint density at radius 1 is 1.13 bits per heavy atom. The van der Waals surface area contributed by atoms with E-state index in [9.17, 15) is 13.2 Å². The number of rotatable bonds is 9. The first-order valence-corrected chi connectivity index (χ1v) is 14.4. The lowest BCUT2D eigenvalue weighted by Crippen LogP contribution is -2.29. The average molecular weight is 520 g/mol. The molecule has 0 atom stereocenters. The largest absolute Gasteiger partial charge is 0.339 e. The standard InChI is InChI=1S/C21H24Cl2N2O3S3/c1-29-20-8-7-15(13-16(20)21(26)25-10-2-3-11-25)31(27,28)24-9-12-30-14-17-18(22)5-4-6-19(17)23/h4-8,13,24H,2-3,9-12,14H2,1H3. The van der Waals surface area contributed by atoms with Gasteiger partial charge in [-0.05, 0) is 55.0 Å². The Kier molecular flexibility index (Phi) is 9.01. The van der Waals surface area contributed by atoms with E-state index >= 15 is 0 Å². The van der Waals surface area contributed by atoms with Gasteiger partial charge in [-0.25, -0.2) is 13.1 Å². The van der Waals surface area contributed by atoms with Crippen molar-refractivity contribution in [3.8, 4) is 0 Å². The van der Waals surface area contributed by atoms with Gasteiger partial charge < -0.3 is 4.90 Å². The van der Waals surface area contributed by atoms with Gasteiger partial charge in [0.1, 0.15) is 0 Å². The van der Waals surface area contributed by atoms with E-state index in [1.807, 2.05) is 6.26 Å². The summed E-state index contributed by atoms with van der Waals surface area (Å²) in [6, 6.07) is 10.1. The highest BCUT2D eigenvalue weighted by Crippen LogP contribution is 2.28. The van der Waals surface area contributed by atoms with Crippen molar-refractivity contribution < 1.29 is 13.2 Å². The summed E-state index contributed by atoms with van der Waals surface area (Å²) in [5.41, 5.74) is 1.29. The second-order valence-corrected chi connectivity index (χ2v) is 11.5. The Balaban J connectivity index is 1.62. The molecule has 10 heteroatoms. The van der Waals surface area contributed by atoms with Gasteiger partial charge in [-0.15, -0.1) is 11.8 Å². The number of nitrogens with one attached hydrogen (secondary N) is 1. The van der Waals surface area contributed by atoms with Gasteiger partial charge in [0.2, 0.25) is 10.0 Å². The molecule has 5 nitrogen and oxygen atoms in total. The maximum absolute atomic E-state index is 12.9. The molecule has 1 heterocycles. The zero-order valence-electron chi connectivity index (χ0n) is 17.1. The van der Waals surface area contributed by atoms with Gasteiger partial charge in [0.15, 0.2) is 0 Å². The minimum Gasteiger partial charge on any atom is -0.339 e. The number of carbonyl (C=O) groups excluding carboxylic acids is 1. The van der Waals surface area contributed by atoms with Crippen LogP contribution >= 0.6 is 46.7 Å². The van der Waals surface area contributed by atoms with E-state index in [0.717, 1.165) is 23.3 Å². The number of hydrogen-bond acceptors (Lipinski definition) is 5. The first-order chi connectivity index (χ1) is 14.8. The van der Waals surface area contributed by atoms with E-state index in [4.69, 9.17) is 23.2 Å². The van der Waals surface area contributed by atoms with Crippen molar-refractivity contribution in [3.05, 3.63) is 57.6 Å². The third-order valence-corrected chi connectivity index (χ3v) is 8.90. The van der Waals surface area contributed by atoms with Crippen LogP contribution in [0.4, 0.5) is 0 Å². The topological polar surface area (TPSA) is 66.5 Å². The lowest BCUT2D eigenvalue weighted by Gasteiger charge is -2.18. The maximum atomic E-state index is 12.9. The Morgan fingerprint density at radius 2 is 1.81 bits per heavy atom. The summed E-state index contributed by atoms with van der Waals surface area (Å²) in [4.78, 5) is 15.5. The molecular formula is C21H24Cl2N2O3S3. The molecular weight excluding hydrogens is 495 g/mol. The van der Waals surface area contributed by atoms with E-state index in [-0.39, 0.29) is 17.3 Å². The molecule has 1 amide bonds. The molecule has 1 N–H and O–H groups in total. The predicted molar refractivity (Wildman–Crippen MR) is 131 cm³/mol. The molecule has 1 saturated heterocycles. The summed E-state index contributed by atoms with van der Waals surface area (Å²) in [5.74, 6) is 1.05. The highest BCUT2D eigenvalue weighted by Gasteiger charge is 2.24. The number of thioether (sulfide) groups is 2. The number of nitrogens with zero attached hydrogens (tertiary/aromatic N) is 1. The van der Waals surface area contributed by atoms with Gasteiger partial charge in [-0.1, -0.05) is 29.3 Å². The third-order valence-electron chi connectivity index (χ3n) is 4.95. The Morgan fingerprint density at radius 3 is 2.45 bits per heavy atom. The van der Waals surface area contributed by atoms with E-state index in [2.05, 4.69) is 4.72 Å². The van der Waals surface area contributed by atoms with Crippen molar-refractivity contribution in [2.24, 2.45) is 0 Å². The second-order valence-electron chi connectivity index (χ2n) is 7.01. The molecule has 0 unspecified atom stereocenters. The van der Waals surface area contributed by atoms with Crippen molar-refractivity contribution in [1.29, 1.82) is 0 Å². The summed E-state index contributed by atoms with van der Waals surface area (Å²) >= 11 is 15.3. The molecule has 2 aromatic carbocycles. The predicted octanol–water partition coefficient (Wildman–Crippen LogP) is 5.16. The monoisotopic (exact) mass is 518 g/mol. The van der Waals surface area contributed by atoms with Crippen LogP contribution in [0.2, 0.25) is 10.0 Å². The summed E-state index contributed by atoms with van der Waals surface area (Å²) < 4.78 is 28.2. The van der Waals surface area contributed by atoms with Crippen molar-refractivity contribution in [3.63, 3.8) is 0 Å². The number of sulfonamides is 1. The molecule has 0 spiro atoms. The van der Waals surface area contributed by atoms with Gasteiger partial charge in [0, 0.05) is 46.1 Å². The Hall–Kier alpha value is -0.900. The molecule has 0 aliphatic carbocycles. The molecule has 0 bridgehead atoms. The molecule has 2 aromatic rings. The molecule has 3 rings (SSSR count). The third kappa shape index (κ3) is 6.33. The summed E-state index contributed by atoms with van der Waals surface area (Å²) in [5, 5.41) is 1.20. The van der Waals surface area contributed by atoms with Crippen LogP contribution in [0.1, 0.15) is 28.8 Å². The van der Waals surface area contributed by atoms with Crippen LogP contribution in [0.3, 0.4) is 0 Å². The number of likely N-dealkylation sites (tertiary alicyclic amines) is 1. The lowest BCUT2D eigenvalue weighted by molar-refractivity contribution is 0.0789. The molecule has 31 heavy (non-hydrogen) atoms. The minimum absolute atomic E-state index is 0.104. The van der Waals surface area contributed by atoms with Crippen LogP contribution in [0.15, 0.2) is 46.2 Å². The van der Waals surface area contributed by atoms with Crippen LogP contribution < -0.4 is 4.72 Å². The number of hydrogen-bond donors (Lipinski definition) is 1. The minimum atomic E-state index is -3.72. The first kappa shape index (κ1) is 24.7. The number of halogens is 2. The van der Waals surface area contributed by atoms with E-state index in [0.29, 0.717) is 40.2 Å². The van der Waals surface area contributed by atoms with Crippen LogP contribution in [0, 0.1) is 0 Å². The van der Waals surface area contributed by atoms with Crippen molar-refractivity contribution >= 4 is 62.7 Å². The van der Waals surface area contributed by atoms with E-state index in [1.54, 1.807) is 47.0 Å². The zero-order chi connectivity index (χ0) is 22.4. The van der Waals surface area contributed by atoms with Gasteiger partial charge >= 0.3 is 0 Å². The van der Waals surface area contributed by atoms with E-state index < -0.39 is 10.0 Å². The smallest absolute Gasteiger partial charge is 0.255 e. The van der Waals surface area contributed by atoms with Crippen LogP contribution in [-0.2, 0) is 15.8 Å². The molecule has 1 aliphatic rings. The van der Waals surface area contributed by atoms with E-state index in [1.165, 1.54) is 17.8 Å². The van der Waals surface area contributed by atoms with Crippen LogP contribution in [0.5, 0.6) is 0 Å². The van der Waals surface area contributed by atoms with Crippen molar-refractivity contribution in [1.82, 2.24) is 9.62 Å². The maximum Gasteiger partial charge on any atom is 0.255 e. The second kappa shape index (κ2) is 11.3. The van der Waals surface area contributed by atoms with Gasteiger partial charge in [0.05, 0.1) is 10.5 Å².